The molecule has 5 nitrogen and oxygen atoms in total. The summed E-state index contributed by atoms with van der Waals surface area (Å²) < 4.78 is 10.8. The number of rotatable bonds is 3. The summed E-state index contributed by atoms with van der Waals surface area (Å²) in [5.41, 5.74) is 1.56. The van der Waals surface area contributed by atoms with Crippen LogP contribution in [0.4, 0.5) is 0 Å². The van der Waals surface area contributed by atoms with Gasteiger partial charge in [-0.2, -0.15) is 0 Å². The molecule has 0 fully saturated rings. The molecule has 1 unspecified atom stereocenters. The minimum atomic E-state index is -0.234. The van der Waals surface area contributed by atoms with Gasteiger partial charge in [-0.05, 0) is 11.6 Å². The first kappa shape index (κ1) is 11.9. The molecule has 0 aliphatic carbocycles. The maximum Gasteiger partial charge on any atom is 0.251 e. The van der Waals surface area contributed by atoms with Gasteiger partial charge in [-0.25, -0.2) is 4.98 Å². The quantitative estimate of drug-likeness (QED) is 0.908. The highest BCUT2D eigenvalue weighted by Crippen LogP contribution is 2.34. The molecule has 5 heteroatoms. The smallest absolute Gasteiger partial charge is 0.251 e. The third-order valence-corrected chi connectivity index (χ3v) is 3.06. The third kappa shape index (κ3) is 2.37. The van der Waals surface area contributed by atoms with E-state index in [-0.39, 0.29) is 11.7 Å². The van der Waals surface area contributed by atoms with Gasteiger partial charge in [-0.15, -0.1) is 0 Å². The van der Waals surface area contributed by atoms with Gasteiger partial charge < -0.3 is 14.5 Å². The molecule has 19 heavy (non-hydrogen) atoms. The number of hydrogen-bond donors (Lipinski definition) is 1. The van der Waals surface area contributed by atoms with Crippen molar-refractivity contribution in [1.29, 1.82) is 0 Å². The van der Waals surface area contributed by atoms with Gasteiger partial charge in [0.1, 0.15) is 5.75 Å². The Morgan fingerprint density at radius 1 is 1.47 bits per heavy atom. The summed E-state index contributed by atoms with van der Waals surface area (Å²) in [6.45, 7) is 0.316. The lowest BCUT2D eigenvalue weighted by Crippen LogP contribution is -2.18. The summed E-state index contributed by atoms with van der Waals surface area (Å²) in [6.07, 6.45) is 0.483. The van der Waals surface area contributed by atoms with Gasteiger partial charge in [-0.1, -0.05) is 18.2 Å². The molecule has 1 aromatic heterocycles. The van der Waals surface area contributed by atoms with Crippen LogP contribution in [0.5, 0.6) is 5.75 Å². The fraction of sp³-hybridized carbons (Fsp3) is 0.286. The van der Waals surface area contributed by atoms with Crippen molar-refractivity contribution < 1.29 is 9.47 Å². The zero-order valence-corrected chi connectivity index (χ0v) is 10.6. The largest absolute Gasteiger partial charge is 0.482 e. The fourth-order valence-corrected chi connectivity index (χ4v) is 2.24. The molecule has 0 spiro atoms. The second-order valence-corrected chi connectivity index (χ2v) is 4.47. The third-order valence-electron chi connectivity index (χ3n) is 3.06. The van der Waals surface area contributed by atoms with E-state index in [1.807, 2.05) is 24.3 Å². The van der Waals surface area contributed by atoms with Crippen LogP contribution in [0.3, 0.4) is 0 Å². The van der Waals surface area contributed by atoms with Crippen LogP contribution in [0, 0.1) is 0 Å². The molecule has 1 aliphatic heterocycles. The molecule has 98 valence electrons. The van der Waals surface area contributed by atoms with Crippen molar-refractivity contribution in [2.45, 2.75) is 19.1 Å². The van der Waals surface area contributed by atoms with E-state index in [1.54, 1.807) is 7.11 Å². The molecule has 1 aromatic carbocycles. The number of ether oxygens (including phenoxy) is 2. The second kappa shape index (κ2) is 4.85. The van der Waals surface area contributed by atoms with Crippen molar-refractivity contribution in [3.05, 3.63) is 57.8 Å². The monoisotopic (exact) mass is 258 g/mol. The number of H-pyrrole nitrogens is 1. The van der Waals surface area contributed by atoms with E-state index in [2.05, 4.69) is 9.97 Å². The normalized spacial score (nSPS) is 17.0. The first-order valence-electron chi connectivity index (χ1n) is 6.10. The van der Waals surface area contributed by atoms with Crippen LogP contribution >= 0.6 is 0 Å². The number of para-hydroxylation sites is 1. The van der Waals surface area contributed by atoms with E-state index in [9.17, 15) is 4.79 Å². The van der Waals surface area contributed by atoms with Crippen LogP contribution in [-0.4, -0.2) is 17.1 Å². The maximum absolute atomic E-state index is 11.6. The molecule has 0 saturated heterocycles. The molecule has 3 rings (SSSR count). The predicted molar refractivity (Wildman–Crippen MR) is 69.1 cm³/mol. The standard InChI is InChI=1S/C14H14N2O3/c1-18-8-10-7-13(17)16-14(15-10)12-6-9-4-2-3-5-11(9)19-12/h2-5,7,12H,6,8H2,1H3,(H,15,16,17). The number of nitrogens with zero attached hydrogens (tertiary/aromatic N) is 1. The number of aromatic amines is 1. The topological polar surface area (TPSA) is 64.2 Å². The lowest BCUT2D eigenvalue weighted by Gasteiger charge is -2.10. The predicted octanol–water partition coefficient (Wildman–Crippen LogP) is 1.59. The van der Waals surface area contributed by atoms with Gasteiger partial charge in [0.2, 0.25) is 0 Å². The lowest BCUT2D eigenvalue weighted by molar-refractivity contribution is 0.179. The average Bonchev–Trinajstić information content (AvgIpc) is 2.82. The average molecular weight is 258 g/mol. The maximum atomic E-state index is 11.6. The molecule has 0 saturated carbocycles. The Morgan fingerprint density at radius 2 is 2.32 bits per heavy atom. The molecule has 1 aliphatic rings. The summed E-state index contributed by atoms with van der Waals surface area (Å²) in [6, 6.07) is 9.29. The van der Waals surface area contributed by atoms with Crippen molar-refractivity contribution in [3.63, 3.8) is 0 Å². The molecular formula is C14H14N2O3. The molecule has 0 amide bonds. The Balaban J connectivity index is 1.90. The van der Waals surface area contributed by atoms with Gasteiger partial charge in [-0.3, -0.25) is 4.79 Å². The van der Waals surface area contributed by atoms with Crippen LogP contribution in [0.15, 0.2) is 35.1 Å². The summed E-state index contributed by atoms with van der Waals surface area (Å²) in [5.74, 6) is 1.41. The minimum absolute atomic E-state index is 0.184. The van der Waals surface area contributed by atoms with Crippen molar-refractivity contribution in [2.24, 2.45) is 0 Å². The summed E-state index contributed by atoms with van der Waals surface area (Å²) >= 11 is 0. The summed E-state index contributed by atoms with van der Waals surface area (Å²) in [5, 5.41) is 0. The first-order chi connectivity index (χ1) is 9.26. The van der Waals surface area contributed by atoms with Crippen LogP contribution in [0.25, 0.3) is 0 Å². The first-order valence-corrected chi connectivity index (χ1v) is 6.10. The lowest BCUT2D eigenvalue weighted by atomic mass is 10.1. The number of fused-ring (bicyclic) bond motifs is 1. The SMILES string of the molecule is COCc1cc(=O)[nH]c(C2Cc3ccccc3O2)n1. The highest BCUT2D eigenvalue weighted by atomic mass is 16.5. The van der Waals surface area contributed by atoms with Crippen LogP contribution < -0.4 is 10.3 Å². The molecule has 0 radical (unpaired) electrons. The highest BCUT2D eigenvalue weighted by Gasteiger charge is 2.26. The Kier molecular flexibility index (Phi) is 3.05. The highest BCUT2D eigenvalue weighted by molar-refractivity contribution is 5.38. The summed E-state index contributed by atoms with van der Waals surface area (Å²) in [4.78, 5) is 18.7. The van der Waals surface area contributed by atoms with E-state index in [1.165, 1.54) is 6.07 Å². The number of aromatic nitrogens is 2. The van der Waals surface area contributed by atoms with Crippen LogP contribution in [0.1, 0.15) is 23.2 Å². The minimum Gasteiger partial charge on any atom is -0.482 e. The van der Waals surface area contributed by atoms with Gasteiger partial charge in [0.05, 0.1) is 12.3 Å². The van der Waals surface area contributed by atoms with Crippen molar-refractivity contribution in [2.75, 3.05) is 7.11 Å². The van der Waals surface area contributed by atoms with Crippen LogP contribution in [0.2, 0.25) is 0 Å². The van der Waals surface area contributed by atoms with E-state index < -0.39 is 0 Å². The van der Waals surface area contributed by atoms with Gasteiger partial charge in [0, 0.05) is 19.6 Å². The molecule has 2 heterocycles. The second-order valence-electron chi connectivity index (χ2n) is 4.47. The van der Waals surface area contributed by atoms with Crippen molar-refractivity contribution in [1.82, 2.24) is 9.97 Å². The Labute approximate surface area is 110 Å². The number of hydrogen-bond acceptors (Lipinski definition) is 4. The summed E-state index contributed by atoms with van der Waals surface area (Å²) in [7, 11) is 1.57. The van der Waals surface area contributed by atoms with E-state index in [0.717, 1.165) is 17.7 Å². The zero-order valence-electron chi connectivity index (χ0n) is 10.6. The molecule has 1 N–H and O–H groups in total. The molecule has 2 aromatic rings. The number of methoxy groups -OCH3 is 1. The number of benzene rings is 1. The van der Waals surface area contributed by atoms with Gasteiger partial charge in [0.15, 0.2) is 11.9 Å². The van der Waals surface area contributed by atoms with Gasteiger partial charge >= 0.3 is 0 Å². The van der Waals surface area contributed by atoms with Crippen LogP contribution in [-0.2, 0) is 17.8 Å². The molecular weight excluding hydrogens is 244 g/mol. The van der Waals surface area contributed by atoms with E-state index in [4.69, 9.17) is 9.47 Å². The van der Waals surface area contributed by atoms with Crippen molar-refractivity contribution in [3.8, 4) is 5.75 Å². The Bertz CT molecular complexity index is 626. The fourth-order valence-electron chi connectivity index (χ4n) is 2.24. The number of nitrogens with one attached hydrogen (secondary N) is 1. The Hall–Kier alpha value is -2.14. The molecule has 1 atom stereocenters. The van der Waals surface area contributed by atoms with Crippen molar-refractivity contribution >= 4 is 0 Å². The van der Waals surface area contributed by atoms with Gasteiger partial charge in [0.25, 0.3) is 5.56 Å². The zero-order chi connectivity index (χ0) is 13.2. The molecule has 0 bridgehead atoms. The van der Waals surface area contributed by atoms with E-state index in [0.29, 0.717) is 18.1 Å². The Morgan fingerprint density at radius 3 is 3.11 bits per heavy atom. The van der Waals surface area contributed by atoms with E-state index >= 15 is 0 Å².